The van der Waals surface area contributed by atoms with Gasteiger partial charge in [0, 0.05) is 24.7 Å². The first-order chi connectivity index (χ1) is 13.5. The van der Waals surface area contributed by atoms with Crippen molar-refractivity contribution in [3.8, 4) is 0 Å². The Balaban J connectivity index is 1.69. The van der Waals surface area contributed by atoms with E-state index in [4.69, 9.17) is 4.74 Å². The third-order valence-corrected chi connectivity index (χ3v) is 8.48. The van der Waals surface area contributed by atoms with Gasteiger partial charge < -0.3 is 14.9 Å². The van der Waals surface area contributed by atoms with E-state index in [1.54, 1.807) is 6.08 Å². The molecule has 0 aliphatic heterocycles. The molecule has 4 aliphatic rings. The lowest BCUT2D eigenvalue weighted by Gasteiger charge is -2.58. The van der Waals surface area contributed by atoms with Crippen molar-refractivity contribution in [3.63, 3.8) is 0 Å². The largest absolute Gasteiger partial charge is 0.458 e. The number of Topliss-reactive ketones (excluding diaryl/α,β-unsaturated/α-hetero) is 1. The van der Waals surface area contributed by atoms with Crippen LogP contribution in [0.4, 0.5) is 0 Å². The molecular weight excluding hydrogens is 372 g/mol. The van der Waals surface area contributed by atoms with Crippen molar-refractivity contribution in [2.45, 2.75) is 64.6 Å². The monoisotopic (exact) mass is 402 g/mol. The number of rotatable bonds is 3. The number of carbonyl (C=O) groups excluding carboxylic acids is 3. The van der Waals surface area contributed by atoms with Gasteiger partial charge in [0.15, 0.2) is 12.4 Å². The number of ketones is 2. The van der Waals surface area contributed by atoms with E-state index in [9.17, 15) is 24.6 Å². The van der Waals surface area contributed by atoms with E-state index >= 15 is 0 Å². The lowest BCUT2D eigenvalue weighted by atomic mass is 9.47. The molecule has 0 aromatic heterocycles. The van der Waals surface area contributed by atoms with E-state index in [1.165, 1.54) is 6.92 Å². The zero-order valence-corrected chi connectivity index (χ0v) is 17.3. The Kier molecular flexibility index (Phi) is 4.67. The normalized spacial score (nSPS) is 45.7. The van der Waals surface area contributed by atoms with Crippen molar-refractivity contribution >= 4 is 17.5 Å². The highest BCUT2D eigenvalue weighted by molar-refractivity contribution is 5.92. The molecule has 29 heavy (non-hydrogen) atoms. The number of carbonyl (C=O) groups is 3. The number of aliphatic hydroxyl groups is 2. The second kappa shape index (κ2) is 6.61. The molecule has 6 unspecified atom stereocenters. The quantitative estimate of drug-likeness (QED) is 0.702. The van der Waals surface area contributed by atoms with Crippen LogP contribution < -0.4 is 0 Å². The number of esters is 1. The molecule has 2 fully saturated rings. The molecule has 4 aliphatic carbocycles. The Morgan fingerprint density at radius 1 is 1.28 bits per heavy atom. The molecule has 0 heterocycles. The van der Waals surface area contributed by atoms with Crippen molar-refractivity contribution in [1.82, 2.24) is 0 Å². The first-order valence-corrected chi connectivity index (χ1v) is 10.5. The smallest absolute Gasteiger partial charge is 0.303 e. The first-order valence-electron chi connectivity index (χ1n) is 10.5. The number of hydrogen-bond acceptors (Lipinski definition) is 6. The van der Waals surface area contributed by atoms with Crippen LogP contribution >= 0.6 is 0 Å². The average molecular weight is 402 g/mol. The first kappa shape index (κ1) is 20.5. The maximum Gasteiger partial charge on any atom is 0.303 e. The van der Waals surface area contributed by atoms with Crippen molar-refractivity contribution in [1.29, 1.82) is 0 Å². The van der Waals surface area contributed by atoms with Crippen molar-refractivity contribution in [2.24, 2.45) is 28.6 Å². The molecule has 4 rings (SSSR count). The summed E-state index contributed by atoms with van der Waals surface area (Å²) in [5, 5.41) is 22.7. The zero-order valence-electron chi connectivity index (χ0n) is 17.3. The predicted octanol–water partition coefficient (Wildman–Crippen LogP) is 2.13. The maximum absolute atomic E-state index is 12.9. The molecule has 0 bridgehead atoms. The van der Waals surface area contributed by atoms with Gasteiger partial charge in [-0.3, -0.25) is 14.4 Å². The molecule has 0 saturated heterocycles. The van der Waals surface area contributed by atoms with Gasteiger partial charge in [0.2, 0.25) is 5.78 Å². The molecule has 0 aromatic rings. The Morgan fingerprint density at radius 3 is 2.69 bits per heavy atom. The molecule has 0 radical (unpaired) electrons. The van der Waals surface area contributed by atoms with Gasteiger partial charge in [-0.15, -0.1) is 0 Å². The van der Waals surface area contributed by atoms with Gasteiger partial charge >= 0.3 is 5.97 Å². The fourth-order valence-electron chi connectivity index (χ4n) is 6.88. The van der Waals surface area contributed by atoms with Gasteiger partial charge in [0.1, 0.15) is 5.60 Å². The van der Waals surface area contributed by atoms with Gasteiger partial charge in [0.25, 0.3) is 0 Å². The van der Waals surface area contributed by atoms with E-state index in [1.807, 2.05) is 13.0 Å². The standard InChI is InChI=1S/C23H30O6/c1-13(24)29-12-19(27)23(28)9-7-17-16-5-4-14-10-15(25)6-8-21(14,2)20(16)18(26)11-22(17,23)3/h4-5,10,16-18,20,26,28H,6-9,11-12H2,1-3H3/t16?,17?,18?,20?,21?,22?,23-/m0/s1. The Morgan fingerprint density at radius 2 is 2.00 bits per heavy atom. The van der Waals surface area contributed by atoms with E-state index in [0.717, 1.165) is 5.57 Å². The minimum atomic E-state index is -1.62. The van der Waals surface area contributed by atoms with E-state index in [0.29, 0.717) is 32.1 Å². The highest BCUT2D eigenvalue weighted by Crippen LogP contribution is 2.66. The van der Waals surface area contributed by atoms with Crippen LogP contribution in [-0.2, 0) is 19.1 Å². The molecule has 158 valence electrons. The van der Waals surface area contributed by atoms with Gasteiger partial charge in [-0.05, 0) is 54.6 Å². The highest BCUT2D eigenvalue weighted by atomic mass is 16.5. The Bertz CT molecular complexity index is 827. The second-order valence-electron chi connectivity index (χ2n) is 9.84. The van der Waals surface area contributed by atoms with Crippen molar-refractivity contribution in [3.05, 3.63) is 23.8 Å². The van der Waals surface area contributed by atoms with E-state index in [2.05, 4.69) is 13.0 Å². The summed E-state index contributed by atoms with van der Waals surface area (Å²) in [6, 6.07) is 0. The molecule has 0 amide bonds. The van der Waals surface area contributed by atoms with Crippen LogP contribution in [0.25, 0.3) is 0 Å². The Hall–Kier alpha value is -1.79. The minimum absolute atomic E-state index is 0.0228. The summed E-state index contributed by atoms with van der Waals surface area (Å²) in [5.41, 5.74) is -1.71. The maximum atomic E-state index is 12.9. The number of aliphatic hydroxyl groups excluding tert-OH is 1. The predicted molar refractivity (Wildman–Crippen MR) is 105 cm³/mol. The van der Waals surface area contributed by atoms with Gasteiger partial charge in [-0.2, -0.15) is 0 Å². The van der Waals surface area contributed by atoms with Gasteiger partial charge in [0.05, 0.1) is 6.10 Å². The molecule has 2 saturated carbocycles. The Labute approximate surface area is 171 Å². The fraction of sp³-hybridized carbons (Fsp3) is 0.696. The van der Waals surface area contributed by atoms with Crippen LogP contribution in [0.3, 0.4) is 0 Å². The van der Waals surface area contributed by atoms with Crippen molar-refractivity contribution < 1.29 is 29.3 Å². The summed E-state index contributed by atoms with van der Waals surface area (Å²) in [7, 11) is 0. The minimum Gasteiger partial charge on any atom is -0.458 e. The molecular formula is C23H30O6. The summed E-state index contributed by atoms with van der Waals surface area (Å²) >= 11 is 0. The fourth-order valence-corrected chi connectivity index (χ4v) is 6.88. The molecule has 7 atom stereocenters. The van der Waals surface area contributed by atoms with Gasteiger partial charge in [-0.1, -0.05) is 26.0 Å². The second-order valence-corrected chi connectivity index (χ2v) is 9.84. The molecule has 2 N–H and O–H groups in total. The van der Waals surface area contributed by atoms with E-state index < -0.39 is 35.5 Å². The van der Waals surface area contributed by atoms with Crippen LogP contribution in [0.15, 0.2) is 23.8 Å². The number of fused-ring (bicyclic) bond motifs is 5. The number of ether oxygens (including phenoxy) is 1. The van der Waals surface area contributed by atoms with Gasteiger partial charge in [-0.25, -0.2) is 0 Å². The number of allylic oxidation sites excluding steroid dienone is 4. The van der Waals surface area contributed by atoms with Crippen LogP contribution in [0.5, 0.6) is 0 Å². The molecule has 6 heteroatoms. The molecule has 6 nitrogen and oxygen atoms in total. The summed E-state index contributed by atoms with van der Waals surface area (Å²) in [4.78, 5) is 35.9. The summed E-state index contributed by atoms with van der Waals surface area (Å²) in [6.07, 6.45) is 7.57. The van der Waals surface area contributed by atoms with E-state index in [-0.39, 0.29) is 29.0 Å². The average Bonchev–Trinajstić information content (AvgIpc) is 2.91. The third-order valence-electron chi connectivity index (χ3n) is 8.48. The number of hydrogen-bond donors (Lipinski definition) is 2. The van der Waals surface area contributed by atoms with Crippen LogP contribution in [0.2, 0.25) is 0 Å². The highest BCUT2D eigenvalue weighted by Gasteiger charge is 2.67. The molecule has 0 spiro atoms. The lowest BCUT2D eigenvalue weighted by Crippen LogP contribution is -2.61. The third kappa shape index (κ3) is 2.79. The topological polar surface area (TPSA) is 101 Å². The van der Waals surface area contributed by atoms with Crippen LogP contribution in [-0.4, -0.2) is 46.1 Å². The van der Waals surface area contributed by atoms with Crippen LogP contribution in [0, 0.1) is 28.6 Å². The lowest BCUT2D eigenvalue weighted by molar-refractivity contribution is -0.177. The zero-order chi connectivity index (χ0) is 21.2. The SMILES string of the molecule is CC(=O)OCC(=O)[C@@]1(O)CCC2C3C=CC4=CC(=O)CCC4(C)C3C(O)CC21C. The summed E-state index contributed by atoms with van der Waals surface area (Å²) < 4.78 is 4.87. The van der Waals surface area contributed by atoms with Crippen molar-refractivity contribution in [2.75, 3.05) is 6.61 Å². The summed E-state index contributed by atoms with van der Waals surface area (Å²) in [5.74, 6) is -0.903. The van der Waals surface area contributed by atoms with Crippen LogP contribution in [0.1, 0.15) is 52.9 Å². The molecule has 0 aromatic carbocycles. The summed E-state index contributed by atoms with van der Waals surface area (Å²) in [6.45, 7) is 4.81.